The molecule has 0 heterocycles. The van der Waals surface area contributed by atoms with Gasteiger partial charge in [0.15, 0.2) is 0 Å². The second-order valence-electron chi connectivity index (χ2n) is 3.68. The van der Waals surface area contributed by atoms with Gasteiger partial charge in [-0.1, -0.05) is 39.5 Å². The minimum absolute atomic E-state index is 0.434. The van der Waals surface area contributed by atoms with Crippen LogP contribution in [0.5, 0.6) is 0 Å². The summed E-state index contributed by atoms with van der Waals surface area (Å²) in [7, 11) is -2.41. The van der Waals surface area contributed by atoms with Gasteiger partial charge >= 0.3 is 8.25 Å². The van der Waals surface area contributed by atoms with Crippen molar-refractivity contribution in [1.82, 2.24) is 0 Å². The number of unbranched alkanes of at least 4 members (excludes halogenated alkanes) is 2. The van der Waals surface area contributed by atoms with Gasteiger partial charge in [-0.15, -0.1) is 9.42 Å². The molecule has 1 N–H and O–H groups in total. The van der Waals surface area contributed by atoms with Crippen molar-refractivity contribution >= 4 is 8.25 Å². The second kappa shape index (κ2) is 9.57. The van der Waals surface area contributed by atoms with Crippen LogP contribution in [0.1, 0.15) is 52.4 Å². The molecule has 0 aliphatic heterocycles. The Bertz CT molecular complexity index is 150. The molecule has 84 valence electrons. The summed E-state index contributed by atoms with van der Waals surface area (Å²) in [4.78, 5) is 8.53. The topological polar surface area (TPSA) is 46.5 Å². The van der Waals surface area contributed by atoms with E-state index < -0.39 is 8.25 Å². The largest absolute Gasteiger partial charge is 0.694 e. The fourth-order valence-electron chi connectivity index (χ4n) is 1.57. The summed E-state index contributed by atoms with van der Waals surface area (Å²) in [5.41, 5.74) is 0. The normalized spacial score (nSPS) is 14.1. The zero-order valence-electron chi connectivity index (χ0n) is 9.24. The van der Waals surface area contributed by atoms with Gasteiger partial charge in [0, 0.05) is 4.57 Å². The highest BCUT2D eigenvalue weighted by molar-refractivity contribution is 7.32. The fraction of sp³-hybridized carbons (Fsp3) is 1.00. The third-order valence-corrected chi connectivity index (χ3v) is 2.70. The van der Waals surface area contributed by atoms with E-state index in [4.69, 9.17) is 9.42 Å². The highest BCUT2D eigenvalue weighted by Gasteiger charge is 2.17. The molecule has 2 unspecified atom stereocenters. The standard InChI is InChI=1S/C10H21O3P/c1-3-5-6-8-10(7-4-2)9-13-14(11)12/h10H,3-9H2,1-2H3/p+1. The van der Waals surface area contributed by atoms with Crippen molar-refractivity contribution in [3.05, 3.63) is 0 Å². The summed E-state index contributed by atoms with van der Waals surface area (Å²) < 4.78 is 15.1. The summed E-state index contributed by atoms with van der Waals surface area (Å²) in [6, 6.07) is 0. The Kier molecular flexibility index (Phi) is 9.58. The first-order valence-corrected chi connectivity index (χ1v) is 6.62. The smallest absolute Gasteiger partial charge is 0.133 e. The Balaban J connectivity index is 3.59. The summed E-state index contributed by atoms with van der Waals surface area (Å²) in [6.45, 7) is 4.74. The quantitative estimate of drug-likeness (QED) is 0.477. The van der Waals surface area contributed by atoms with Crippen LogP contribution in [-0.4, -0.2) is 11.5 Å². The lowest BCUT2D eigenvalue weighted by molar-refractivity contribution is 0.213. The Hall–Kier alpha value is 0.0200. The van der Waals surface area contributed by atoms with E-state index in [1.807, 2.05) is 0 Å². The molecule has 2 atom stereocenters. The SMILES string of the molecule is CCCCCC(CCC)CO[P+](=O)O. The molecule has 4 heteroatoms. The first-order valence-electron chi connectivity index (χ1n) is 5.49. The molecule has 0 saturated heterocycles. The third-order valence-electron chi connectivity index (χ3n) is 2.33. The highest BCUT2D eigenvalue weighted by atomic mass is 31.1. The van der Waals surface area contributed by atoms with E-state index in [1.54, 1.807) is 0 Å². The lowest BCUT2D eigenvalue weighted by atomic mass is 9.98. The van der Waals surface area contributed by atoms with Crippen LogP contribution in [0, 0.1) is 5.92 Å². The second-order valence-corrected chi connectivity index (χ2v) is 4.42. The Morgan fingerprint density at radius 2 is 1.93 bits per heavy atom. The molecule has 0 aliphatic rings. The van der Waals surface area contributed by atoms with E-state index >= 15 is 0 Å². The first-order chi connectivity index (χ1) is 6.70. The van der Waals surface area contributed by atoms with E-state index in [9.17, 15) is 4.57 Å². The predicted octanol–water partition coefficient (Wildman–Crippen LogP) is 3.65. The number of rotatable bonds is 9. The highest BCUT2D eigenvalue weighted by Crippen LogP contribution is 2.22. The molecule has 0 amide bonds. The van der Waals surface area contributed by atoms with E-state index in [0.717, 1.165) is 19.3 Å². The molecule has 0 bridgehead atoms. The van der Waals surface area contributed by atoms with Crippen LogP contribution in [-0.2, 0) is 9.09 Å². The summed E-state index contributed by atoms with van der Waals surface area (Å²) in [5, 5.41) is 0. The molecule has 3 nitrogen and oxygen atoms in total. The summed E-state index contributed by atoms with van der Waals surface area (Å²) >= 11 is 0. The van der Waals surface area contributed by atoms with Crippen LogP contribution in [0.15, 0.2) is 0 Å². The van der Waals surface area contributed by atoms with Gasteiger partial charge in [-0.2, -0.15) is 0 Å². The average molecular weight is 221 g/mol. The first kappa shape index (κ1) is 14.0. The van der Waals surface area contributed by atoms with Gasteiger partial charge in [-0.05, 0) is 18.8 Å². The van der Waals surface area contributed by atoms with Crippen LogP contribution in [0.2, 0.25) is 0 Å². The van der Waals surface area contributed by atoms with E-state index in [-0.39, 0.29) is 0 Å². The van der Waals surface area contributed by atoms with Crippen molar-refractivity contribution in [3.8, 4) is 0 Å². The maximum atomic E-state index is 10.4. The molecule has 0 rings (SSSR count). The minimum Gasteiger partial charge on any atom is -0.133 e. The van der Waals surface area contributed by atoms with Crippen LogP contribution < -0.4 is 0 Å². The van der Waals surface area contributed by atoms with Crippen molar-refractivity contribution < 1.29 is 14.0 Å². The van der Waals surface area contributed by atoms with Gasteiger partial charge in [0.25, 0.3) is 0 Å². The Morgan fingerprint density at radius 1 is 1.21 bits per heavy atom. The van der Waals surface area contributed by atoms with Gasteiger partial charge in [-0.3, -0.25) is 0 Å². The molecule has 0 spiro atoms. The molecule has 0 saturated carbocycles. The van der Waals surface area contributed by atoms with E-state index in [0.29, 0.717) is 12.5 Å². The molecule has 0 aromatic carbocycles. The van der Waals surface area contributed by atoms with E-state index in [2.05, 4.69) is 13.8 Å². The van der Waals surface area contributed by atoms with Crippen molar-refractivity contribution in [2.75, 3.05) is 6.61 Å². The van der Waals surface area contributed by atoms with Crippen LogP contribution in [0.25, 0.3) is 0 Å². The Labute approximate surface area is 87.8 Å². The maximum absolute atomic E-state index is 10.4. The van der Waals surface area contributed by atoms with Crippen molar-refractivity contribution in [2.45, 2.75) is 52.4 Å². The van der Waals surface area contributed by atoms with Crippen LogP contribution >= 0.6 is 8.25 Å². The molecule has 0 aromatic heterocycles. The average Bonchev–Trinajstić information content (AvgIpc) is 2.14. The van der Waals surface area contributed by atoms with Crippen LogP contribution in [0.3, 0.4) is 0 Å². The lowest BCUT2D eigenvalue weighted by Crippen LogP contribution is -2.07. The fourth-order valence-corrected chi connectivity index (χ4v) is 1.91. The minimum atomic E-state index is -2.41. The predicted molar refractivity (Wildman–Crippen MR) is 58.3 cm³/mol. The van der Waals surface area contributed by atoms with Crippen molar-refractivity contribution in [2.24, 2.45) is 5.92 Å². The van der Waals surface area contributed by atoms with Gasteiger partial charge < -0.3 is 0 Å². The summed E-state index contributed by atoms with van der Waals surface area (Å²) in [6.07, 6.45) is 6.98. The molecule has 0 fully saturated rings. The molecule has 14 heavy (non-hydrogen) atoms. The molecular formula is C10H22O3P+. The van der Waals surface area contributed by atoms with Crippen LogP contribution in [0.4, 0.5) is 0 Å². The lowest BCUT2D eigenvalue weighted by Gasteiger charge is -2.11. The number of hydrogen-bond acceptors (Lipinski definition) is 2. The van der Waals surface area contributed by atoms with E-state index in [1.165, 1.54) is 19.3 Å². The van der Waals surface area contributed by atoms with Gasteiger partial charge in [0.05, 0.1) is 0 Å². The maximum Gasteiger partial charge on any atom is 0.694 e. The monoisotopic (exact) mass is 221 g/mol. The number of hydrogen-bond donors (Lipinski definition) is 1. The Morgan fingerprint density at radius 3 is 2.43 bits per heavy atom. The molecule has 0 radical (unpaired) electrons. The van der Waals surface area contributed by atoms with Crippen molar-refractivity contribution in [1.29, 1.82) is 0 Å². The molecule has 0 aliphatic carbocycles. The van der Waals surface area contributed by atoms with Crippen molar-refractivity contribution in [3.63, 3.8) is 0 Å². The van der Waals surface area contributed by atoms with Gasteiger partial charge in [-0.25, -0.2) is 0 Å². The molecular weight excluding hydrogens is 199 g/mol. The molecule has 0 aromatic rings. The van der Waals surface area contributed by atoms with Gasteiger partial charge in [0.2, 0.25) is 0 Å². The zero-order valence-corrected chi connectivity index (χ0v) is 10.1. The van der Waals surface area contributed by atoms with Gasteiger partial charge in [0.1, 0.15) is 6.61 Å². The third kappa shape index (κ3) is 8.61. The summed E-state index contributed by atoms with van der Waals surface area (Å²) in [5.74, 6) is 0.456. The zero-order chi connectivity index (χ0) is 10.8.